The van der Waals surface area contributed by atoms with E-state index < -0.39 is 10.0 Å². The van der Waals surface area contributed by atoms with E-state index in [4.69, 9.17) is 14.2 Å². The number of morpholine rings is 1. The van der Waals surface area contributed by atoms with Crippen LogP contribution in [0.5, 0.6) is 11.5 Å². The summed E-state index contributed by atoms with van der Waals surface area (Å²) in [6.45, 7) is 3.33. The number of hydrogen-bond donors (Lipinski definition) is 0. The van der Waals surface area contributed by atoms with E-state index in [1.54, 1.807) is 20.3 Å². The molecule has 0 aliphatic carbocycles. The molecule has 0 saturated carbocycles. The average molecular weight is 447 g/mol. The molecule has 1 atom stereocenters. The lowest BCUT2D eigenvalue weighted by molar-refractivity contribution is 0.0730. The lowest BCUT2D eigenvalue weighted by Gasteiger charge is -2.27. The van der Waals surface area contributed by atoms with Gasteiger partial charge in [0.2, 0.25) is 10.0 Å². The van der Waals surface area contributed by atoms with Gasteiger partial charge in [-0.25, -0.2) is 8.42 Å². The highest BCUT2D eigenvalue weighted by Gasteiger charge is 2.30. The second kappa shape index (κ2) is 9.56. The van der Waals surface area contributed by atoms with Crippen LogP contribution >= 0.6 is 0 Å². The molecule has 0 N–H and O–H groups in total. The van der Waals surface area contributed by atoms with Gasteiger partial charge in [0.25, 0.3) is 0 Å². The summed E-state index contributed by atoms with van der Waals surface area (Å²) < 4.78 is 43.8. The van der Waals surface area contributed by atoms with E-state index in [1.807, 2.05) is 30.3 Å². The second-order valence-electron chi connectivity index (χ2n) is 7.90. The second-order valence-corrected chi connectivity index (χ2v) is 9.84. The van der Waals surface area contributed by atoms with Crippen LogP contribution in [0.15, 0.2) is 47.4 Å². The van der Waals surface area contributed by atoms with Crippen molar-refractivity contribution in [3.8, 4) is 11.5 Å². The maximum Gasteiger partial charge on any atom is 0.243 e. The van der Waals surface area contributed by atoms with Gasteiger partial charge in [-0.2, -0.15) is 4.31 Å². The number of hydrogen-bond acceptors (Lipinski definition) is 6. The fraction of sp³-hybridized carbons (Fsp3) is 0.478. The number of benzene rings is 2. The minimum Gasteiger partial charge on any atom is -0.497 e. The first-order chi connectivity index (χ1) is 15.0. The zero-order valence-electron chi connectivity index (χ0n) is 18.1. The molecule has 0 radical (unpaired) electrons. The fourth-order valence-corrected chi connectivity index (χ4v) is 5.91. The first-order valence-corrected chi connectivity index (χ1v) is 12.1. The van der Waals surface area contributed by atoms with E-state index in [2.05, 4.69) is 11.0 Å². The van der Waals surface area contributed by atoms with Gasteiger partial charge >= 0.3 is 0 Å². The number of ether oxygens (including phenoxy) is 3. The highest BCUT2D eigenvalue weighted by Crippen LogP contribution is 2.39. The Balaban J connectivity index is 1.55. The molecule has 2 aliphatic rings. The smallest absolute Gasteiger partial charge is 0.243 e. The van der Waals surface area contributed by atoms with Gasteiger partial charge in [0.1, 0.15) is 11.5 Å². The molecule has 31 heavy (non-hydrogen) atoms. The van der Waals surface area contributed by atoms with Crippen molar-refractivity contribution in [1.82, 2.24) is 9.21 Å². The number of methoxy groups -OCH3 is 2. The zero-order chi connectivity index (χ0) is 21.8. The van der Waals surface area contributed by atoms with Gasteiger partial charge in [0.15, 0.2) is 0 Å². The van der Waals surface area contributed by atoms with Crippen LogP contribution in [0, 0.1) is 0 Å². The SMILES string of the molecule is COc1ccc([C@H]2CCCN2Cc2cccc(S(=O)(=O)N3CCOCC3)c2)c(OC)c1. The summed E-state index contributed by atoms with van der Waals surface area (Å²) in [6, 6.07) is 13.5. The summed E-state index contributed by atoms with van der Waals surface area (Å²) in [4.78, 5) is 2.75. The predicted molar refractivity (Wildman–Crippen MR) is 118 cm³/mol. The predicted octanol–water partition coefficient (Wildman–Crippen LogP) is 3.06. The minimum atomic E-state index is -3.50. The molecule has 2 aliphatic heterocycles. The molecular formula is C23H30N2O5S. The van der Waals surface area contributed by atoms with Gasteiger partial charge in [0, 0.05) is 37.3 Å². The summed E-state index contributed by atoms with van der Waals surface area (Å²) in [5, 5.41) is 0. The van der Waals surface area contributed by atoms with Crippen molar-refractivity contribution in [3.63, 3.8) is 0 Å². The number of nitrogens with zero attached hydrogens (tertiary/aromatic N) is 2. The summed E-state index contributed by atoms with van der Waals surface area (Å²) in [6.07, 6.45) is 2.13. The van der Waals surface area contributed by atoms with Crippen LogP contribution in [-0.2, 0) is 21.3 Å². The molecule has 0 bridgehead atoms. The number of likely N-dealkylation sites (tertiary alicyclic amines) is 1. The number of sulfonamides is 1. The topological polar surface area (TPSA) is 68.3 Å². The molecule has 0 aromatic heterocycles. The van der Waals surface area contributed by atoms with Crippen molar-refractivity contribution < 1.29 is 22.6 Å². The van der Waals surface area contributed by atoms with E-state index in [0.29, 0.717) is 37.7 Å². The Hall–Kier alpha value is -2.13. The molecule has 168 valence electrons. The van der Waals surface area contributed by atoms with Crippen molar-refractivity contribution in [2.45, 2.75) is 30.3 Å². The molecule has 2 aromatic rings. The fourth-order valence-electron chi connectivity index (χ4n) is 4.44. The van der Waals surface area contributed by atoms with Crippen LogP contribution < -0.4 is 9.47 Å². The average Bonchev–Trinajstić information content (AvgIpc) is 3.27. The van der Waals surface area contributed by atoms with E-state index in [-0.39, 0.29) is 6.04 Å². The highest BCUT2D eigenvalue weighted by molar-refractivity contribution is 7.89. The molecule has 2 fully saturated rings. The molecule has 2 aromatic carbocycles. The Kier molecular flexibility index (Phi) is 6.81. The standard InChI is InChI=1S/C23H30N2O5S/c1-28-19-8-9-21(23(16-19)29-2)22-7-4-10-24(22)17-18-5-3-6-20(15-18)31(26,27)25-11-13-30-14-12-25/h3,5-6,8-9,15-16,22H,4,7,10-14,17H2,1-2H3/t22-/m1/s1. The minimum absolute atomic E-state index is 0.223. The van der Waals surface area contributed by atoms with E-state index in [1.165, 1.54) is 4.31 Å². The summed E-state index contributed by atoms with van der Waals surface area (Å²) in [7, 11) is -0.176. The third kappa shape index (κ3) is 4.72. The van der Waals surface area contributed by atoms with Gasteiger partial charge < -0.3 is 14.2 Å². The Morgan fingerprint density at radius 2 is 1.84 bits per heavy atom. The maximum absolute atomic E-state index is 13.0. The van der Waals surface area contributed by atoms with E-state index >= 15 is 0 Å². The van der Waals surface area contributed by atoms with Gasteiger partial charge in [-0.05, 0) is 43.1 Å². The van der Waals surface area contributed by atoms with Crippen LogP contribution in [0.25, 0.3) is 0 Å². The van der Waals surface area contributed by atoms with Crippen molar-refractivity contribution in [2.75, 3.05) is 47.1 Å². The first kappa shape index (κ1) is 22.1. The van der Waals surface area contributed by atoms with Crippen molar-refractivity contribution in [3.05, 3.63) is 53.6 Å². The van der Waals surface area contributed by atoms with Crippen LogP contribution in [0.2, 0.25) is 0 Å². The molecular weight excluding hydrogens is 416 g/mol. The molecule has 7 nitrogen and oxygen atoms in total. The largest absolute Gasteiger partial charge is 0.497 e. The summed E-state index contributed by atoms with van der Waals surface area (Å²) >= 11 is 0. The Bertz CT molecular complexity index is 1000. The third-order valence-electron chi connectivity index (χ3n) is 6.06. The van der Waals surface area contributed by atoms with E-state index in [0.717, 1.165) is 42.0 Å². The Morgan fingerprint density at radius 3 is 2.58 bits per heavy atom. The zero-order valence-corrected chi connectivity index (χ0v) is 18.9. The van der Waals surface area contributed by atoms with Gasteiger partial charge in [-0.1, -0.05) is 18.2 Å². The van der Waals surface area contributed by atoms with Crippen LogP contribution in [0.1, 0.15) is 30.0 Å². The molecule has 0 amide bonds. The molecule has 2 saturated heterocycles. The van der Waals surface area contributed by atoms with Crippen LogP contribution in [-0.4, -0.2) is 64.7 Å². The summed E-state index contributed by atoms with van der Waals surface area (Å²) in [5.74, 6) is 1.59. The van der Waals surface area contributed by atoms with E-state index in [9.17, 15) is 8.42 Å². The monoisotopic (exact) mass is 446 g/mol. The first-order valence-electron chi connectivity index (χ1n) is 10.7. The summed E-state index contributed by atoms with van der Waals surface area (Å²) in [5.41, 5.74) is 2.13. The Labute approximate surface area is 184 Å². The molecule has 0 unspecified atom stereocenters. The van der Waals surface area contributed by atoms with Gasteiger partial charge in [-0.15, -0.1) is 0 Å². The highest BCUT2D eigenvalue weighted by atomic mass is 32.2. The molecule has 0 spiro atoms. The van der Waals surface area contributed by atoms with Crippen molar-refractivity contribution in [2.24, 2.45) is 0 Å². The number of rotatable bonds is 7. The third-order valence-corrected chi connectivity index (χ3v) is 7.95. The Morgan fingerprint density at radius 1 is 1.03 bits per heavy atom. The van der Waals surface area contributed by atoms with Gasteiger partial charge in [0.05, 0.1) is 32.3 Å². The molecule has 4 rings (SSSR count). The van der Waals surface area contributed by atoms with Crippen LogP contribution in [0.3, 0.4) is 0 Å². The maximum atomic E-state index is 13.0. The lowest BCUT2D eigenvalue weighted by Crippen LogP contribution is -2.40. The molecule has 2 heterocycles. The van der Waals surface area contributed by atoms with Crippen molar-refractivity contribution in [1.29, 1.82) is 0 Å². The van der Waals surface area contributed by atoms with Gasteiger partial charge in [-0.3, -0.25) is 4.90 Å². The normalized spacial score (nSPS) is 20.6. The molecule has 8 heteroatoms. The van der Waals surface area contributed by atoms with Crippen LogP contribution in [0.4, 0.5) is 0 Å². The lowest BCUT2D eigenvalue weighted by atomic mass is 10.0. The quantitative estimate of drug-likeness (QED) is 0.651. The van der Waals surface area contributed by atoms with Crippen molar-refractivity contribution >= 4 is 10.0 Å².